The number of imide groups is 1. The minimum atomic E-state index is -1.12. The van der Waals surface area contributed by atoms with E-state index in [1.54, 1.807) is 6.92 Å². The average Bonchev–Trinajstić information content (AvgIpc) is 2.93. The highest BCUT2D eigenvalue weighted by Gasteiger charge is 2.48. The van der Waals surface area contributed by atoms with Crippen LogP contribution in [0.2, 0.25) is 5.02 Å². The summed E-state index contributed by atoms with van der Waals surface area (Å²) in [7, 11) is 0. The molecule has 2 aromatic carbocycles. The third-order valence-corrected chi connectivity index (χ3v) is 5.58. The molecular formula is C22H22ClN3O5. The fraction of sp³-hybridized carbons (Fsp3) is 0.318. The number of carbonyl (C=O) groups excluding carboxylic acids is 3. The molecule has 0 saturated carbocycles. The number of rotatable bonds is 5. The molecule has 4 amide bonds. The molecule has 1 unspecified atom stereocenters. The van der Waals surface area contributed by atoms with E-state index in [0.29, 0.717) is 49.0 Å². The van der Waals surface area contributed by atoms with Gasteiger partial charge in [0.15, 0.2) is 11.5 Å². The minimum Gasteiger partial charge on any atom is -0.489 e. The molecule has 1 atom stereocenters. The van der Waals surface area contributed by atoms with Crippen LogP contribution >= 0.6 is 11.6 Å². The van der Waals surface area contributed by atoms with Crippen molar-refractivity contribution in [1.29, 1.82) is 0 Å². The van der Waals surface area contributed by atoms with Crippen LogP contribution in [0.3, 0.4) is 0 Å². The number of hydrazine groups is 1. The zero-order chi connectivity index (χ0) is 22.0. The maximum atomic E-state index is 12.9. The summed E-state index contributed by atoms with van der Waals surface area (Å²) in [4.78, 5) is 38.1. The van der Waals surface area contributed by atoms with Crippen molar-refractivity contribution in [3.63, 3.8) is 0 Å². The molecule has 0 bridgehead atoms. The highest BCUT2D eigenvalue weighted by molar-refractivity contribution is 6.32. The zero-order valence-corrected chi connectivity index (χ0v) is 17.7. The highest BCUT2D eigenvalue weighted by Crippen LogP contribution is 2.38. The molecule has 162 valence electrons. The monoisotopic (exact) mass is 443 g/mol. The standard InChI is InChI=1S/C22H22ClN3O5/c1-22(9-8-14-6-3-2-4-7-14)20(28)26(21(29)24-22)25-19(27)15-12-16(23)18-17(13-15)30-10-5-11-31-18/h2-4,6-7,12-13H,5,8-11H2,1H3,(H,24,29)(H,25,27). The molecule has 8 nitrogen and oxygen atoms in total. The van der Waals surface area contributed by atoms with E-state index in [2.05, 4.69) is 10.7 Å². The van der Waals surface area contributed by atoms with E-state index in [0.717, 1.165) is 5.56 Å². The number of carbonyl (C=O) groups is 3. The number of hydrogen-bond acceptors (Lipinski definition) is 5. The van der Waals surface area contributed by atoms with Crippen LogP contribution in [-0.2, 0) is 11.2 Å². The lowest BCUT2D eigenvalue weighted by atomic mass is 9.93. The molecule has 2 aliphatic rings. The molecule has 31 heavy (non-hydrogen) atoms. The maximum Gasteiger partial charge on any atom is 0.344 e. The SMILES string of the molecule is CC1(CCc2ccccc2)NC(=O)N(NC(=O)c2cc(Cl)c3c(c2)OCCCO3)C1=O. The average molecular weight is 444 g/mol. The third kappa shape index (κ3) is 4.29. The van der Waals surface area contributed by atoms with E-state index in [1.165, 1.54) is 12.1 Å². The van der Waals surface area contributed by atoms with Crippen molar-refractivity contribution in [3.05, 3.63) is 58.6 Å². The summed E-state index contributed by atoms with van der Waals surface area (Å²) in [6.45, 7) is 2.54. The van der Waals surface area contributed by atoms with Gasteiger partial charge in [0, 0.05) is 12.0 Å². The van der Waals surface area contributed by atoms with Crippen LogP contribution in [0.15, 0.2) is 42.5 Å². The Bertz CT molecular complexity index is 1030. The van der Waals surface area contributed by atoms with Crippen molar-refractivity contribution in [2.45, 2.75) is 31.7 Å². The van der Waals surface area contributed by atoms with Crippen molar-refractivity contribution in [2.75, 3.05) is 13.2 Å². The van der Waals surface area contributed by atoms with Crippen LogP contribution in [0, 0.1) is 0 Å². The summed E-state index contributed by atoms with van der Waals surface area (Å²) in [5, 5.41) is 3.61. The summed E-state index contributed by atoms with van der Waals surface area (Å²) in [6, 6.07) is 11.9. The number of amides is 4. The minimum absolute atomic E-state index is 0.146. The predicted molar refractivity (Wildman–Crippen MR) is 113 cm³/mol. The van der Waals surface area contributed by atoms with Gasteiger partial charge in [-0.3, -0.25) is 15.0 Å². The van der Waals surface area contributed by atoms with Crippen LogP contribution in [0.5, 0.6) is 11.5 Å². The van der Waals surface area contributed by atoms with E-state index in [-0.39, 0.29) is 10.6 Å². The smallest absolute Gasteiger partial charge is 0.344 e. The Morgan fingerprint density at radius 1 is 1.19 bits per heavy atom. The van der Waals surface area contributed by atoms with Crippen molar-refractivity contribution in [2.24, 2.45) is 0 Å². The Morgan fingerprint density at radius 3 is 2.71 bits per heavy atom. The Hall–Kier alpha value is -3.26. The fourth-order valence-electron chi connectivity index (χ4n) is 3.52. The van der Waals surface area contributed by atoms with Gasteiger partial charge < -0.3 is 14.8 Å². The third-order valence-electron chi connectivity index (χ3n) is 5.30. The van der Waals surface area contributed by atoms with Gasteiger partial charge >= 0.3 is 6.03 Å². The number of nitrogens with one attached hydrogen (secondary N) is 2. The molecule has 2 aliphatic heterocycles. The maximum absolute atomic E-state index is 12.9. The lowest BCUT2D eigenvalue weighted by molar-refractivity contribution is -0.132. The number of hydrogen-bond donors (Lipinski definition) is 2. The molecule has 1 fully saturated rings. The molecule has 0 radical (unpaired) electrons. The first-order valence-corrected chi connectivity index (χ1v) is 10.4. The number of ether oxygens (including phenoxy) is 2. The van der Waals surface area contributed by atoms with Crippen LogP contribution in [0.4, 0.5) is 4.79 Å². The molecule has 0 aliphatic carbocycles. The molecule has 0 spiro atoms. The van der Waals surface area contributed by atoms with Gasteiger partial charge in [-0.2, -0.15) is 5.01 Å². The van der Waals surface area contributed by atoms with E-state index >= 15 is 0 Å². The number of nitrogens with zero attached hydrogens (tertiary/aromatic N) is 1. The van der Waals surface area contributed by atoms with Gasteiger partial charge in [0.2, 0.25) is 0 Å². The number of urea groups is 1. The second-order valence-electron chi connectivity index (χ2n) is 7.67. The van der Waals surface area contributed by atoms with Crippen LogP contribution in [0.25, 0.3) is 0 Å². The van der Waals surface area contributed by atoms with Gasteiger partial charge in [-0.1, -0.05) is 41.9 Å². The first-order valence-electron chi connectivity index (χ1n) is 9.98. The summed E-state index contributed by atoms with van der Waals surface area (Å²) >= 11 is 6.24. The summed E-state index contributed by atoms with van der Waals surface area (Å²) in [5.41, 5.74) is 2.45. The van der Waals surface area contributed by atoms with E-state index in [1.807, 2.05) is 30.3 Å². The van der Waals surface area contributed by atoms with Crippen LogP contribution in [0.1, 0.15) is 35.7 Å². The number of halogens is 1. The van der Waals surface area contributed by atoms with Crippen LogP contribution < -0.4 is 20.2 Å². The van der Waals surface area contributed by atoms with Gasteiger partial charge in [-0.25, -0.2) is 4.79 Å². The first kappa shape index (κ1) is 21.0. The first-order chi connectivity index (χ1) is 14.9. The molecule has 2 aromatic rings. The molecule has 1 saturated heterocycles. The molecule has 4 rings (SSSR count). The Morgan fingerprint density at radius 2 is 1.94 bits per heavy atom. The van der Waals surface area contributed by atoms with Crippen molar-refractivity contribution in [3.8, 4) is 11.5 Å². The lowest BCUT2D eigenvalue weighted by Gasteiger charge is -2.21. The number of aryl methyl sites for hydroxylation is 1. The normalized spacial score (nSPS) is 20.3. The Labute approximate surface area is 184 Å². The lowest BCUT2D eigenvalue weighted by Crippen LogP contribution is -2.49. The summed E-state index contributed by atoms with van der Waals surface area (Å²) in [5.74, 6) is -0.463. The van der Waals surface area contributed by atoms with Gasteiger partial charge in [-0.15, -0.1) is 0 Å². The summed E-state index contributed by atoms with van der Waals surface area (Å²) < 4.78 is 11.1. The second-order valence-corrected chi connectivity index (χ2v) is 8.07. The number of benzene rings is 2. The van der Waals surface area contributed by atoms with E-state index in [9.17, 15) is 14.4 Å². The Kier molecular flexibility index (Phi) is 5.73. The van der Waals surface area contributed by atoms with Gasteiger partial charge in [0.25, 0.3) is 11.8 Å². The predicted octanol–water partition coefficient (Wildman–Crippen LogP) is 3.09. The fourth-order valence-corrected chi connectivity index (χ4v) is 3.79. The molecule has 2 N–H and O–H groups in total. The second kappa shape index (κ2) is 8.47. The molecule has 2 heterocycles. The zero-order valence-electron chi connectivity index (χ0n) is 16.9. The Balaban J connectivity index is 1.47. The molecule has 9 heteroatoms. The number of fused-ring (bicyclic) bond motifs is 1. The summed E-state index contributed by atoms with van der Waals surface area (Å²) in [6.07, 6.45) is 1.68. The molecule has 0 aromatic heterocycles. The molecular weight excluding hydrogens is 422 g/mol. The van der Waals surface area contributed by atoms with Crippen molar-refractivity contribution < 1.29 is 23.9 Å². The highest BCUT2D eigenvalue weighted by atomic mass is 35.5. The van der Waals surface area contributed by atoms with E-state index in [4.69, 9.17) is 21.1 Å². The van der Waals surface area contributed by atoms with Crippen LogP contribution in [-0.4, -0.2) is 41.6 Å². The van der Waals surface area contributed by atoms with E-state index < -0.39 is 23.4 Å². The van der Waals surface area contributed by atoms with Gasteiger partial charge in [0.05, 0.1) is 18.2 Å². The van der Waals surface area contributed by atoms with Crippen molar-refractivity contribution >= 4 is 29.4 Å². The topological polar surface area (TPSA) is 97.0 Å². The van der Waals surface area contributed by atoms with Gasteiger partial charge in [-0.05, 0) is 37.5 Å². The van der Waals surface area contributed by atoms with Gasteiger partial charge in [0.1, 0.15) is 5.54 Å². The largest absolute Gasteiger partial charge is 0.489 e. The quantitative estimate of drug-likeness (QED) is 0.692. The van der Waals surface area contributed by atoms with Crippen molar-refractivity contribution in [1.82, 2.24) is 15.8 Å².